The van der Waals surface area contributed by atoms with Gasteiger partial charge in [-0.1, -0.05) is 24.3 Å². The minimum absolute atomic E-state index is 0.299. The molecule has 0 saturated carbocycles. The van der Waals surface area contributed by atoms with Crippen LogP contribution in [0.1, 0.15) is 12.5 Å². The van der Waals surface area contributed by atoms with Gasteiger partial charge < -0.3 is 5.32 Å². The average Bonchev–Trinajstić information content (AvgIpc) is 2.42. The van der Waals surface area contributed by atoms with E-state index in [9.17, 15) is 8.78 Å². The van der Waals surface area contributed by atoms with Crippen LogP contribution in [0.15, 0.2) is 42.5 Å². The SMILES string of the molecule is CNC(C)Cc1ccc(-c2cc(F)ccc2F)cc1. The van der Waals surface area contributed by atoms with E-state index in [0.29, 0.717) is 17.2 Å². The standard InChI is InChI=1S/C16H17F2N/c1-11(19-2)9-12-3-5-13(6-4-12)15-10-14(17)7-8-16(15)18/h3-8,10-11,19H,9H2,1-2H3. The van der Waals surface area contributed by atoms with E-state index in [1.165, 1.54) is 11.6 Å². The Labute approximate surface area is 112 Å². The van der Waals surface area contributed by atoms with Crippen LogP contribution in [0.4, 0.5) is 8.78 Å². The number of hydrogen-bond acceptors (Lipinski definition) is 1. The van der Waals surface area contributed by atoms with Gasteiger partial charge in [0.1, 0.15) is 11.6 Å². The molecule has 2 rings (SSSR count). The van der Waals surface area contributed by atoms with Gasteiger partial charge in [0.05, 0.1) is 0 Å². The van der Waals surface area contributed by atoms with E-state index in [1.54, 1.807) is 0 Å². The summed E-state index contributed by atoms with van der Waals surface area (Å²) < 4.78 is 26.8. The Kier molecular flexibility index (Phi) is 4.27. The lowest BCUT2D eigenvalue weighted by Crippen LogP contribution is -2.23. The summed E-state index contributed by atoms with van der Waals surface area (Å²) in [5, 5.41) is 3.17. The molecular weight excluding hydrogens is 244 g/mol. The van der Waals surface area contributed by atoms with E-state index >= 15 is 0 Å². The first-order valence-electron chi connectivity index (χ1n) is 6.32. The molecule has 0 amide bonds. The quantitative estimate of drug-likeness (QED) is 0.883. The Morgan fingerprint density at radius 2 is 1.74 bits per heavy atom. The number of halogens is 2. The smallest absolute Gasteiger partial charge is 0.131 e. The van der Waals surface area contributed by atoms with Crippen molar-refractivity contribution in [1.82, 2.24) is 5.32 Å². The zero-order valence-corrected chi connectivity index (χ0v) is 11.1. The van der Waals surface area contributed by atoms with Crippen LogP contribution in [0.5, 0.6) is 0 Å². The molecule has 3 heteroatoms. The van der Waals surface area contributed by atoms with Gasteiger partial charge >= 0.3 is 0 Å². The van der Waals surface area contributed by atoms with Gasteiger partial charge in [-0.25, -0.2) is 8.78 Å². The Morgan fingerprint density at radius 3 is 2.37 bits per heavy atom. The molecule has 0 aliphatic rings. The summed E-state index contributed by atoms with van der Waals surface area (Å²) in [5.74, 6) is -0.831. The van der Waals surface area contributed by atoms with E-state index < -0.39 is 11.6 Å². The monoisotopic (exact) mass is 261 g/mol. The van der Waals surface area contributed by atoms with Gasteiger partial charge in [0.25, 0.3) is 0 Å². The minimum atomic E-state index is -0.427. The molecule has 0 bridgehead atoms. The predicted molar refractivity (Wildman–Crippen MR) is 74.0 cm³/mol. The van der Waals surface area contributed by atoms with Crippen molar-refractivity contribution in [3.05, 3.63) is 59.7 Å². The molecule has 0 spiro atoms. The molecule has 19 heavy (non-hydrogen) atoms. The molecule has 2 aromatic rings. The Balaban J connectivity index is 2.25. The Bertz CT molecular complexity index is 549. The highest BCUT2D eigenvalue weighted by Gasteiger charge is 2.07. The van der Waals surface area contributed by atoms with Gasteiger partial charge in [-0.05, 0) is 49.7 Å². The predicted octanol–water partition coefficient (Wildman–Crippen LogP) is 3.78. The van der Waals surface area contributed by atoms with Crippen molar-refractivity contribution in [2.75, 3.05) is 7.05 Å². The molecule has 0 saturated heterocycles. The van der Waals surface area contributed by atoms with Crippen molar-refractivity contribution < 1.29 is 8.78 Å². The first-order chi connectivity index (χ1) is 9.10. The number of nitrogens with one attached hydrogen (secondary N) is 1. The van der Waals surface area contributed by atoms with Gasteiger partial charge in [0.2, 0.25) is 0 Å². The summed E-state index contributed by atoms with van der Waals surface area (Å²) in [6.45, 7) is 2.10. The number of rotatable bonds is 4. The number of benzene rings is 2. The first-order valence-corrected chi connectivity index (χ1v) is 6.32. The number of likely N-dealkylation sites (N-methyl/N-ethyl adjacent to an activating group) is 1. The molecule has 0 aliphatic heterocycles. The molecule has 1 atom stereocenters. The molecule has 0 heterocycles. The molecule has 0 aliphatic carbocycles. The Morgan fingerprint density at radius 1 is 1.05 bits per heavy atom. The fraction of sp³-hybridized carbons (Fsp3) is 0.250. The Hall–Kier alpha value is -1.74. The fourth-order valence-electron chi connectivity index (χ4n) is 1.99. The van der Waals surface area contributed by atoms with E-state index in [0.717, 1.165) is 18.6 Å². The lowest BCUT2D eigenvalue weighted by atomic mass is 10.0. The molecule has 1 N–H and O–H groups in total. The summed E-state index contributed by atoms with van der Waals surface area (Å²) >= 11 is 0. The molecule has 0 fully saturated rings. The maximum atomic E-state index is 13.6. The third-order valence-electron chi connectivity index (χ3n) is 3.23. The summed E-state index contributed by atoms with van der Waals surface area (Å²) in [6.07, 6.45) is 0.905. The summed E-state index contributed by atoms with van der Waals surface area (Å²) in [6, 6.07) is 11.5. The third kappa shape index (κ3) is 3.38. The lowest BCUT2D eigenvalue weighted by Gasteiger charge is -2.10. The molecule has 1 unspecified atom stereocenters. The zero-order valence-electron chi connectivity index (χ0n) is 11.1. The molecular formula is C16H17F2N. The van der Waals surface area contributed by atoms with Crippen molar-refractivity contribution in [1.29, 1.82) is 0 Å². The van der Waals surface area contributed by atoms with Crippen LogP contribution < -0.4 is 5.32 Å². The van der Waals surface area contributed by atoms with Crippen molar-refractivity contribution in [2.24, 2.45) is 0 Å². The van der Waals surface area contributed by atoms with Crippen LogP contribution in [0.3, 0.4) is 0 Å². The van der Waals surface area contributed by atoms with Crippen molar-refractivity contribution in [2.45, 2.75) is 19.4 Å². The van der Waals surface area contributed by atoms with E-state index in [-0.39, 0.29) is 0 Å². The molecule has 0 aromatic heterocycles. The van der Waals surface area contributed by atoms with Crippen LogP contribution in [0.2, 0.25) is 0 Å². The second-order valence-corrected chi connectivity index (χ2v) is 4.71. The first kappa shape index (κ1) is 13.7. The van der Waals surface area contributed by atoms with Crippen molar-refractivity contribution in [3.63, 3.8) is 0 Å². The van der Waals surface area contributed by atoms with E-state index in [4.69, 9.17) is 0 Å². The van der Waals surface area contributed by atoms with Crippen LogP contribution in [-0.2, 0) is 6.42 Å². The summed E-state index contributed by atoms with van der Waals surface area (Å²) in [4.78, 5) is 0. The van der Waals surface area contributed by atoms with Gasteiger partial charge in [0.15, 0.2) is 0 Å². The van der Waals surface area contributed by atoms with Gasteiger partial charge in [-0.3, -0.25) is 0 Å². The normalized spacial score (nSPS) is 12.4. The minimum Gasteiger partial charge on any atom is -0.317 e. The van der Waals surface area contributed by atoms with Gasteiger partial charge in [-0.15, -0.1) is 0 Å². The summed E-state index contributed by atoms with van der Waals surface area (Å²) in [7, 11) is 1.92. The molecule has 2 aromatic carbocycles. The van der Waals surface area contributed by atoms with Crippen molar-refractivity contribution >= 4 is 0 Å². The maximum absolute atomic E-state index is 13.6. The highest BCUT2D eigenvalue weighted by atomic mass is 19.1. The van der Waals surface area contributed by atoms with E-state index in [1.807, 2.05) is 31.3 Å². The van der Waals surface area contributed by atoms with Crippen LogP contribution in [-0.4, -0.2) is 13.1 Å². The zero-order chi connectivity index (χ0) is 13.8. The van der Waals surface area contributed by atoms with E-state index in [2.05, 4.69) is 12.2 Å². The largest absolute Gasteiger partial charge is 0.317 e. The van der Waals surface area contributed by atoms with Crippen LogP contribution >= 0.6 is 0 Å². The molecule has 100 valence electrons. The average molecular weight is 261 g/mol. The topological polar surface area (TPSA) is 12.0 Å². The lowest BCUT2D eigenvalue weighted by molar-refractivity contribution is 0.603. The maximum Gasteiger partial charge on any atom is 0.131 e. The second kappa shape index (κ2) is 5.93. The third-order valence-corrected chi connectivity index (χ3v) is 3.23. The van der Waals surface area contributed by atoms with Crippen LogP contribution in [0, 0.1) is 11.6 Å². The van der Waals surface area contributed by atoms with Crippen molar-refractivity contribution in [3.8, 4) is 11.1 Å². The van der Waals surface area contributed by atoms with Crippen LogP contribution in [0.25, 0.3) is 11.1 Å². The van der Waals surface area contributed by atoms with Gasteiger partial charge in [0, 0.05) is 11.6 Å². The fourth-order valence-corrected chi connectivity index (χ4v) is 1.99. The highest BCUT2D eigenvalue weighted by molar-refractivity contribution is 5.64. The highest BCUT2D eigenvalue weighted by Crippen LogP contribution is 2.24. The number of hydrogen-bond donors (Lipinski definition) is 1. The second-order valence-electron chi connectivity index (χ2n) is 4.71. The summed E-state index contributed by atoms with van der Waals surface area (Å²) in [5.41, 5.74) is 2.16. The molecule has 0 radical (unpaired) electrons. The van der Waals surface area contributed by atoms with Gasteiger partial charge in [-0.2, -0.15) is 0 Å². The molecule has 1 nitrogen and oxygen atoms in total.